The van der Waals surface area contributed by atoms with Crippen LogP contribution in [0.5, 0.6) is 0 Å². The number of nitro benzene ring substituents is 1. The summed E-state index contributed by atoms with van der Waals surface area (Å²) in [4.78, 5) is 22.8. The molecule has 1 N–H and O–H groups in total. The van der Waals surface area contributed by atoms with E-state index in [4.69, 9.17) is 0 Å². The third-order valence-corrected chi connectivity index (χ3v) is 5.24. The fourth-order valence-electron chi connectivity index (χ4n) is 4.04. The van der Waals surface area contributed by atoms with Gasteiger partial charge in [0, 0.05) is 23.2 Å². The first-order chi connectivity index (χ1) is 12.1. The zero-order valence-corrected chi connectivity index (χ0v) is 13.8. The molecule has 2 aromatic carbocycles. The maximum absolute atomic E-state index is 11.7. The van der Waals surface area contributed by atoms with Crippen LogP contribution in [0.15, 0.2) is 54.6 Å². The molecule has 126 valence electrons. The van der Waals surface area contributed by atoms with Crippen molar-refractivity contribution >= 4 is 17.2 Å². The predicted octanol–water partition coefficient (Wildman–Crippen LogP) is 4.62. The summed E-state index contributed by atoms with van der Waals surface area (Å²) in [6.45, 7) is 1.57. The Labute approximate surface area is 145 Å². The molecule has 0 saturated heterocycles. The normalized spacial score (nSPS) is 23.5. The van der Waals surface area contributed by atoms with Gasteiger partial charge < -0.3 is 5.32 Å². The second-order valence-electron chi connectivity index (χ2n) is 6.65. The summed E-state index contributed by atoms with van der Waals surface area (Å²) >= 11 is 0. The van der Waals surface area contributed by atoms with Gasteiger partial charge in [-0.05, 0) is 43.0 Å². The van der Waals surface area contributed by atoms with Crippen molar-refractivity contribution in [1.82, 2.24) is 0 Å². The second-order valence-corrected chi connectivity index (χ2v) is 6.65. The lowest BCUT2D eigenvalue weighted by atomic mass is 9.76. The number of nitrogens with one attached hydrogen (secondary N) is 1. The van der Waals surface area contributed by atoms with Gasteiger partial charge in [0.25, 0.3) is 5.69 Å². The van der Waals surface area contributed by atoms with Crippen LogP contribution in [0.3, 0.4) is 0 Å². The van der Waals surface area contributed by atoms with Crippen molar-refractivity contribution in [2.24, 2.45) is 5.92 Å². The van der Waals surface area contributed by atoms with E-state index in [0.29, 0.717) is 11.1 Å². The number of nitrogens with zero attached hydrogens (tertiary/aromatic N) is 1. The molecule has 5 heteroatoms. The summed E-state index contributed by atoms with van der Waals surface area (Å²) in [5, 5.41) is 14.9. The molecule has 0 spiro atoms. The average Bonchev–Trinajstić information content (AvgIpc) is 3.10. The lowest BCUT2D eigenvalue weighted by molar-refractivity contribution is -0.385. The number of rotatable bonds is 3. The van der Waals surface area contributed by atoms with Crippen molar-refractivity contribution in [1.29, 1.82) is 0 Å². The Morgan fingerprint density at radius 3 is 2.76 bits per heavy atom. The first-order valence-electron chi connectivity index (χ1n) is 8.37. The molecule has 1 aliphatic heterocycles. The van der Waals surface area contributed by atoms with Crippen molar-refractivity contribution in [3.05, 3.63) is 81.4 Å². The van der Waals surface area contributed by atoms with Crippen molar-refractivity contribution in [3.63, 3.8) is 0 Å². The summed E-state index contributed by atoms with van der Waals surface area (Å²) in [6.07, 6.45) is 5.16. The Balaban J connectivity index is 1.81. The van der Waals surface area contributed by atoms with Crippen molar-refractivity contribution in [2.75, 3.05) is 5.32 Å². The molecule has 1 heterocycles. The van der Waals surface area contributed by atoms with Crippen LogP contribution in [0, 0.1) is 16.0 Å². The number of allylic oxidation sites excluding steroid dienone is 2. The fraction of sp³-hybridized carbons (Fsp3) is 0.250. The molecule has 5 nitrogen and oxygen atoms in total. The van der Waals surface area contributed by atoms with Gasteiger partial charge in [0.05, 0.1) is 16.5 Å². The van der Waals surface area contributed by atoms with Crippen LogP contribution in [0.4, 0.5) is 11.4 Å². The van der Waals surface area contributed by atoms with Gasteiger partial charge in [-0.15, -0.1) is 0 Å². The van der Waals surface area contributed by atoms with E-state index in [1.807, 2.05) is 30.3 Å². The predicted molar refractivity (Wildman–Crippen MR) is 95.9 cm³/mol. The van der Waals surface area contributed by atoms with Crippen LogP contribution in [-0.4, -0.2) is 10.7 Å². The number of carbonyl (C=O) groups excluding carboxylic acids is 1. The van der Waals surface area contributed by atoms with E-state index >= 15 is 0 Å². The lowest BCUT2D eigenvalue weighted by Gasteiger charge is -2.37. The first kappa shape index (κ1) is 15.6. The lowest BCUT2D eigenvalue weighted by Crippen LogP contribution is -2.29. The van der Waals surface area contributed by atoms with Gasteiger partial charge in [-0.1, -0.05) is 30.4 Å². The number of benzene rings is 2. The smallest absolute Gasteiger partial charge is 0.274 e. The van der Waals surface area contributed by atoms with Gasteiger partial charge in [0.2, 0.25) is 0 Å². The maximum Gasteiger partial charge on any atom is 0.274 e. The van der Waals surface area contributed by atoms with E-state index in [1.165, 1.54) is 0 Å². The minimum atomic E-state index is -0.317. The van der Waals surface area contributed by atoms with E-state index in [9.17, 15) is 14.9 Å². The van der Waals surface area contributed by atoms with Gasteiger partial charge in [0.15, 0.2) is 5.78 Å². The molecule has 0 aromatic heterocycles. The highest BCUT2D eigenvalue weighted by Gasteiger charge is 2.40. The molecule has 0 saturated carbocycles. The molecule has 3 atom stereocenters. The summed E-state index contributed by atoms with van der Waals surface area (Å²) in [7, 11) is 0. The monoisotopic (exact) mass is 334 g/mol. The Morgan fingerprint density at radius 1 is 1.20 bits per heavy atom. The van der Waals surface area contributed by atoms with E-state index in [1.54, 1.807) is 19.1 Å². The molecule has 0 amide bonds. The summed E-state index contributed by atoms with van der Waals surface area (Å²) in [5.41, 5.74) is 3.60. The molecule has 0 bridgehead atoms. The zero-order chi connectivity index (χ0) is 17.6. The second kappa shape index (κ2) is 5.84. The number of hydrogen-bond donors (Lipinski definition) is 1. The van der Waals surface area contributed by atoms with Gasteiger partial charge in [-0.25, -0.2) is 0 Å². The highest BCUT2D eigenvalue weighted by atomic mass is 16.6. The van der Waals surface area contributed by atoms with Crippen LogP contribution in [0.25, 0.3) is 0 Å². The zero-order valence-electron chi connectivity index (χ0n) is 13.8. The number of ketones is 1. The van der Waals surface area contributed by atoms with Crippen molar-refractivity contribution < 1.29 is 9.72 Å². The number of Topliss-reactive ketones (excluding diaryl/α,β-unsaturated/α-hetero) is 1. The van der Waals surface area contributed by atoms with Crippen molar-refractivity contribution in [2.45, 2.75) is 25.3 Å². The largest absolute Gasteiger partial charge is 0.377 e. The molecule has 0 fully saturated rings. The third kappa shape index (κ3) is 2.52. The number of carbonyl (C=O) groups is 1. The fourth-order valence-corrected chi connectivity index (χ4v) is 4.04. The number of anilines is 1. The molecular weight excluding hydrogens is 316 g/mol. The van der Waals surface area contributed by atoms with Gasteiger partial charge >= 0.3 is 0 Å². The van der Waals surface area contributed by atoms with E-state index < -0.39 is 0 Å². The standard InChI is InChI=1S/C20H18N2O3/c1-12(23)13-9-10-18-17(11-13)14-6-4-7-15(14)20(21-18)16-5-2-3-8-19(16)22(24)25/h2-6,8-11,14-15,20-21H,7H2,1H3/t14-,15+,20-/m0/s1. The molecular formula is C20H18N2O3. The molecule has 2 aromatic rings. The number of nitro groups is 1. The Bertz CT molecular complexity index is 904. The van der Waals surface area contributed by atoms with E-state index in [2.05, 4.69) is 17.5 Å². The summed E-state index contributed by atoms with van der Waals surface area (Å²) < 4.78 is 0. The molecule has 25 heavy (non-hydrogen) atoms. The van der Waals surface area contributed by atoms with Crippen LogP contribution >= 0.6 is 0 Å². The van der Waals surface area contributed by atoms with Gasteiger partial charge in [-0.3, -0.25) is 14.9 Å². The Kier molecular flexibility index (Phi) is 3.64. The minimum absolute atomic E-state index is 0.0437. The van der Waals surface area contributed by atoms with Crippen LogP contribution in [-0.2, 0) is 0 Å². The Morgan fingerprint density at radius 2 is 2.00 bits per heavy atom. The SMILES string of the molecule is CC(=O)c1ccc2c(c1)[C@H]1C=CC[C@H]1[C@@H](c1ccccc1[N+](=O)[O-])N2. The highest BCUT2D eigenvalue weighted by molar-refractivity contribution is 5.95. The van der Waals surface area contributed by atoms with Crippen LogP contribution in [0.1, 0.15) is 46.8 Å². The van der Waals surface area contributed by atoms with Gasteiger partial charge in [-0.2, -0.15) is 0 Å². The summed E-state index contributed by atoms with van der Waals surface area (Å²) in [6, 6.07) is 12.5. The average molecular weight is 334 g/mol. The molecule has 0 unspecified atom stereocenters. The third-order valence-electron chi connectivity index (χ3n) is 5.24. The minimum Gasteiger partial charge on any atom is -0.377 e. The number of fused-ring (bicyclic) bond motifs is 3. The molecule has 0 radical (unpaired) electrons. The van der Waals surface area contributed by atoms with Crippen LogP contribution in [0.2, 0.25) is 0 Å². The summed E-state index contributed by atoms with van der Waals surface area (Å²) in [5.74, 6) is 0.415. The van der Waals surface area contributed by atoms with Crippen molar-refractivity contribution in [3.8, 4) is 0 Å². The van der Waals surface area contributed by atoms with E-state index in [0.717, 1.165) is 17.7 Å². The number of hydrogen-bond acceptors (Lipinski definition) is 4. The van der Waals surface area contributed by atoms with E-state index in [-0.39, 0.29) is 34.3 Å². The molecule has 2 aliphatic rings. The molecule has 1 aliphatic carbocycles. The topological polar surface area (TPSA) is 72.2 Å². The maximum atomic E-state index is 11.7. The Hall–Kier alpha value is -2.95. The highest BCUT2D eigenvalue weighted by Crippen LogP contribution is 2.51. The first-order valence-corrected chi connectivity index (χ1v) is 8.37. The van der Waals surface area contributed by atoms with Crippen LogP contribution < -0.4 is 5.32 Å². The molecule has 4 rings (SSSR count). The van der Waals surface area contributed by atoms with Gasteiger partial charge in [0.1, 0.15) is 0 Å². The number of para-hydroxylation sites is 1. The quantitative estimate of drug-likeness (QED) is 0.385.